The van der Waals surface area contributed by atoms with Gasteiger partial charge in [0.15, 0.2) is 0 Å². The zero-order valence-corrected chi connectivity index (χ0v) is 9.37. The number of hydrogen-bond donors (Lipinski definition) is 2. The molecule has 0 atom stereocenters. The van der Waals surface area contributed by atoms with Crippen LogP contribution in [-0.4, -0.2) is 11.4 Å². The van der Waals surface area contributed by atoms with Crippen LogP contribution in [0.5, 0.6) is 0 Å². The second-order valence-electron chi connectivity index (χ2n) is 3.76. The number of rotatable bonds is 3. The summed E-state index contributed by atoms with van der Waals surface area (Å²) in [4.78, 5) is 0. The number of halogens is 2. The number of nitrogens with one attached hydrogen (secondary N) is 2. The van der Waals surface area contributed by atoms with Gasteiger partial charge in [0.25, 0.3) is 0 Å². The monoisotopic (exact) mass is 244 g/mol. The molecule has 0 heterocycles. The molecule has 0 radical (unpaired) electrons. The minimum atomic E-state index is -0.389. The van der Waals surface area contributed by atoms with Gasteiger partial charge < -0.3 is 0 Å². The molecule has 0 unspecified atom stereocenters. The summed E-state index contributed by atoms with van der Waals surface area (Å²) in [5, 5.41) is 15.7. The van der Waals surface area contributed by atoms with E-state index in [-0.39, 0.29) is 23.1 Å². The highest BCUT2D eigenvalue weighted by Gasteiger charge is 2.10. The van der Waals surface area contributed by atoms with Gasteiger partial charge in [0.2, 0.25) is 0 Å². The standard InChI is InChI=1S/C14H10F2N2/c15-11-5-1-9(2-6-11)13(17)14(18)10-3-7-12(16)8-4-10/h1-8,17-18H. The summed E-state index contributed by atoms with van der Waals surface area (Å²) in [6.45, 7) is 0. The van der Waals surface area contributed by atoms with Gasteiger partial charge in [0.05, 0.1) is 11.4 Å². The van der Waals surface area contributed by atoms with Gasteiger partial charge in [-0.3, -0.25) is 10.8 Å². The van der Waals surface area contributed by atoms with Gasteiger partial charge in [0, 0.05) is 11.1 Å². The van der Waals surface area contributed by atoms with E-state index in [1.165, 1.54) is 48.5 Å². The number of benzene rings is 2. The minimum Gasteiger partial charge on any atom is -0.298 e. The lowest BCUT2D eigenvalue weighted by Gasteiger charge is -2.06. The Kier molecular flexibility index (Phi) is 3.28. The second-order valence-corrected chi connectivity index (χ2v) is 3.76. The molecule has 4 heteroatoms. The molecule has 2 aromatic rings. The van der Waals surface area contributed by atoms with E-state index in [9.17, 15) is 8.78 Å². The Morgan fingerprint density at radius 2 is 0.889 bits per heavy atom. The van der Waals surface area contributed by atoms with Crippen molar-refractivity contribution in [2.75, 3.05) is 0 Å². The summed E-state index contributed by atoms with van der Waals surface area (Å²) in [6.07, 6.45) is 0. The Bertz CT molecular complexity index is 531. The second kappa shape index (κ2) is 4.87. The third-order valence-corrected chi connectivity index (χ3v) is 2.52. The summed E-state index contributed by atoms with van der Waals surface area (Å²) >= 11 is 0. The van der Waals surface area contributed by atoms with E-state index >= 15 is 0 Å². The Morgan fingerprint density at radius 1 is 0.611 bits per heavy atom. The fourth-order valence-corrected chi connectivity index (χ4v) is 1.52. The molecule has 2 aromatic carbocycles. The van der Waals surface area contributed by atoms with Crippen LogP contribution in [0.25, 0.3) is 0 Å². The van der Waals surface area contributed by atoms with Crippen molar-refractivity contribution in [3.05, 3.63) is 71.3 Å². The molecule has 0 saturated carbocycles. The van der Waals surface area contributed by atoms with Crippen LogP contribution in [0.4, 0.5) is 8.78 Å². The first-order chi connectivity index (χ1) is 8.58. The molecule has 0 aliphatic rings. The van der Waals surface area contributed by atoms with Crippen LogP contribution in [0.3, 0.4) is 0 Å². The summed E-state index contributed by atoms with van der Waals surface area (Å²) < 4.78 is 25.5. The van der Waals surface area contributed by atoms with Crippen LogP contribution in [0.1, 0.15) is 11.1 Å². The molecule has 2 rings (SSSR count). The van der Waals surface area contributed by atoms with E-state index in [1.54, 1.807) is 0 Å². The highest BCUT2D eigenvalue weighted by molar-refractivity contribution is 6.51. The lowest BCUT2D eigenvalue weighted by molar-refractivity contribution is 0.627. The van der Waals surface area contributed by atoms with E-state index in [4.69, 9.17) is 10.8 Å². The fourth-order valence-electron chi connectivity index (χ4n) is 1.52. The molecule has 2 nitrogen and oxygen atoms in total. The van der Waals surface area contributed by atoms with Crippen LogP contribution in [0.15, 0.2) is 48.5 Å². The molecule has 0 aliphatic heterocycles. The average molecular weight is 244 g/mol. The normalized spacial score (nSPS) is 10.1. The third kappa shape index (κ3) is 2.48. The topological polar surface area (TPSA) is 47.7 Å². The van der Waals surface area contributed by atoms with Crippen molar-refractivity contribution in [3.63, 3.8) is 0 Å². The summed E-state index contributed by atoms with van der Waals surface area (Å²) in [6, 6.07) is 10.7. The number of hydrogen-bond acceptors (Lipinski definition) is 2. The van der Waals surface area contributed by atoms with Gasteiger partial charge in [-0.1, -0.05) is 0 Å². The van der Waals surface area contributed by atoms with Crippen molar-refractivity contribution in [3.8, 4) is 0 Å². The minimum absolute atomic E-state index is 0.0263. The zero-order valence-electron chi connectivity index (χ0n) is 9.37. The highest BCUT2D eigenvalue weighted by atomic mass is 19.1. The van der Waals surface area contributed by atoms with Crippen molar-refractivity contribution in [1.82, 2.24) is 0 Å². The largest absolute Gasteiger partial charge is 0.298 e. The maximum Gasteiger partial charge on any atom is 0.123 e. The lowest BCUT2D eigenvalue weighted by atomic mass is 10.00. The Hall–Kier alpha value is -2.36. The van der Waals surface area contributed by atoms with Crippen LogP contribution < -0.4 is 0 Å². The van der Waals surface area contributed by atoms with Crippen molar-refractivity contribution < 1.29 is 8.78 Å². The average Bonchev–Trinajstić information content (AvgIpc) is 2.39. The van der Waals surface area contributed by atoms with Gasteiger partial charge in [-0.25, -0.2) is 8.78 Å². The van der Waals surface area contributed by atoms with Crippen LogP contribution in [0.2, 0.25) is 0 Å². The molecule has 0 bridgehead atoms. The van der Waals surface area contributed by atoms with E-state index in [0.29, 0.717) is 11.1 Å². The van der Waals surface area contributed by atoms with Gasteiger partial charge in [0.1, 0.15) is 11.6 Å². The van der Waals surface area contributed by atoms with Crippen LogP contribution >= 0.6 is 0 Å². The van der Waals surface area contributed by atoms with Crippen LogP contribution in [0, 0.1) is 22.5 Å². The van der Waals surface area contributed by atoms with E-state index in [0.717, 1.165) is 0 Å². The predicted octanol–water partition coefficient (Wildman–Crippen LogP) is 3.40. The molecule has 0 fully saturated rings. The molecule has 0 spiro atoms. The zero-order chi connectivity index (χ0) is 13.1. The SMILES string of the molecule is N=C(C(=N)c1ccc(F)cc1)c1ccc(F)cc1. The van der Waals surface area contributed by atoms with E-state index < -0.39 is 0 Å². The molecule has 18 heavy (non-hydrogen) atoms. The van der Waals surface area contributed by atoms with Crippen molar-refractivity contribution in [2.24, 2.45) is 0 Å². The lowest BCUT2D eigenvalue weighted by Crippen LogP contribution is -2.14. The molecule has 0 amide bonds. The maximum absolute atomic E-state index is 12.8. The fraction of sp³-hybridized carbons (Fsp3) is 0. The Balaban J connectivity index is 2.26. The molecule has 90 valence electrons. The van der Waals surface area contributed by atoms with Crippen LogP contribution in [-0.2, 0) is 0 Å². The van der Waals surface area contributed by atoms with Gasteiger partial charge in [-0.2, -0.15) is 0 Å². The molecule has 0 aliphatic carbocycles. The van der Waals surface area contributed by atoms with Crippen molar-refractivity contribution in [1.29, 1.82) is 10.8 Å². The first kappa shape index (κ1) is 12.1. The quantitative estimate of drug-likeness (QED) is 0.777. The molecular formula is C14H10F2N2. The first-order valence-electron chi connectivity index (χ1n) is 5.27. The van der Waals surface area contributed by atoms with Crippen molar-refractivity contribution in [2.45, 2.75) is 0 Å². The molecule has 0 saturated heterocycles. The smallest absolute Gasteiger partial charge is 0.123 e. The van der Waals surface area contributed by atoms with Crippen molar-refractivity contribution >= 4 is 11.4 Å². The Labute approximate surface area is 103 Å². The molecule has 0 aromatic heterocycles. The summed E-state index contributed by atoms with van der Waals surface area (Å²) in [5.74, 6) is -0.778. The molecular weight excluding hydrogens is 234 g/mol. The van der Waals surface area contributed by atoms with Gasteiger partial charge in [-0.15, -0.1) is 0 Å². The van der Waals surface area contributed by atoms with E-state index in [1.807, 2.05) is 0 Å². The molecule has 2 N–H and O–H groups in total. The predicted molar refractivity (Wildman–Crippen MR) is 66.5 cm³/mol. The third-order valence-electron chi connectivity index (χ3n) is 2.52. The summed E-state index contributed by atoms with van der Waals surface area (Å²) in [7, 11) is 0. The first-order valence-corrected chi connectivity index (χ1v) is 5.27. The van der Waals surface area contributed by atoms with Gasteiger partial charge >= 0.3 is 0 Å². The highest BCUT2D eigenvalue weighted by Crippen LogP contribution is 2.10. The van der Waals surface area contributed by atoms with E-state index in [2.05, 4.69) is 0 Å². The Morgan fingerprint density at radius 3 is 1.17 bits per heavy atom. The maximum atomic E-state index is 12.8. The summed E-state index contributed by atoms with van der Waals surface area (Å²) in [5.41, 5.74) is 0.847. The van der Waals surface area contributed by atoms with Gasteiger partial charge in [-0.05, 0) is 48.5 Å².